The molecule has 1 N–H and O–H groups in total. The SMILES string of the molecule is CCCc1cc[nH]c1CCC. The quantitative estimate of drug-likeness (QED) is 0.681. The molecule has 1 aromatic heterocycles. The smallest absolute Gasteiger partial charge is 0.0179 e. The summed E-state index contributed by atoms with van der Waals surface area (Å²) in [5.41, 5.74) is 2.95. The third kappa shape index (κ3) is 2.11. The Labute approximate surface area is 68.8 Å². The van der Waals surface area contributed by atoms with E-state index < -0.39 is 0 Å². The van der Waals surface area contributed by atoms with Gasteiger partial charge in [0.2, 0.25) is 0 Å². The Kier molecular flexibility index (Phi) is 3.21. The summed E-state index contributed by atoms with van der Waals surface area (Å²) < 4.78 is 0. The summed E-state index contributed by atoms with van der Waals surface area (Å²) in [6, 6.07) is 2.20. The number of aryl methyl sites for hydroxylation is 2. The second-order valence-electron chi connectivity index (χ2n) is 2.98. The van der Waals surface area contributed by atoms with Crippen molar-refractivity contribution in [3.8, 4) is 0 Å². The van der Waals surface area contributed by atoms with Gasteiger partial charge in [-0.05, 0) is 24.5 Å². The number of aromatic amines is 1. The van der Waals surface area contributed by atoms with Crippen LogP contribution in [0.15, 0.2) is 12.3 Å². The van der Waals surface area contributed by atoms with Crippen LogP contribution in [-0.4, -0.2) is 4.98 Å². The minimum Gasteiger partial charge on any atom is -0.365 e. The summed E-state index contributed by atoms with van der Waals surface area (Å²) in [5.74, 6) is 0. The van der Waals surface area contributed by atoms with Gasteiger partial charge < -0.3 is 4.98 Å². The molecule has 1 aromatic rings. The lowest BCUT2D eigenvalue weighted by Crippen LogP contribution is -1.90. The van der Waals surface area contributed by atoms with Gasteiger partial charge in [0.05, 0.1) is 0 Å². The molecule has 0 bridgehead atoms. The second kappa shape index (κ2) is 4.22. The zero-order valence-electron chi connectivity index (χ0n) is 7.48. The van der Waals surface area contributed by atoms with E-state index in [1.165, 1.54) is 36.9 Å². The van der Waals surface area contributed by atoms with Crippen LogP contribution in [0.4, 0.5) is 0 Å². The van der Waals surface area contributed by atoms with E-state index in [9.17, 15) is 0 Å². The van der Waals surface area contributed by atoms with Crippen molar-refractivity contribution in [2.75, 3.05) is 0 Å². The molecule has 62 valence electrons. The first-order valence-corrected chi connectivity index (χ1v) is 4.53. The Morgan fingerprint density at radius 2 is 1.91 bits per heavy atom. The second-order valence-corrected chi connectivity index (χ2v) is 2.98. The molecule has 1 rings (SSSR count). The maximum atomic E-state index is 3.29. The van der Waals surface area contributed by atoms with Crippen molar-refractivity contribution in [2.24, 2.45) is 0 Å². The maximum absolute atomic E-state index is 3.29. The number of rotatable bonds is 4. The Morgan fingerprint density at radius 1 is 1.18 bits per heavy atom. The number of nitrogens with one attached hydrogen (secondary N) is 1. The van der Waals surface area contributed by atoms with Crippen LogP contribution in [0.1, 0.15) is 37.9 Å². The minimum absolute atomic E-state index is 1.20. The van der Waals surface area contributed by atoms with Crippen LogP contribution in [0.3, 0.4) is 0 Å². The van der Waals surface area contributed by atoms with Crippen LogP contribution < -0.4 is 0 Å². The van der Waals surface area contributed by atoms with Gasteiger partial charge in [-0.25, -0.2) is 0 Å². The summed E-state index contributed by atoms with van der Waals surface area (Å²) in [7, 11) is 0. The lowest BCUT2D eigenvalue weighted by atomic mass is 10.1. The van der Waals surface area contributed by atoms with Crippen molar-refractivity contribution in [1.82, 2.24) is 4.98 Å². The van der Waals surface area contributed by atoms with Crippen LogP contribution >= 0.6 is 0 Å². The van der Waals surface area contributed by atoms with Gasteiger partial charge in [0.1, 0.15) is 0 Å². The third-order valence-electron chi connectivity index (χ3n) is 1.95. The normalized spacial score (nSPS) is 10.4. The number of aromatic nitrogens is 1. The molecule has 0 radical (unpaired) electrons. The molecule has 0 saturated carbocycles. The van der Waals surface area contributed by atoms with Gasteiger partial charge in [-0.1, -0.05) is 26.7 Å². The highest BCUT2D eigenvalue weighted by molar-refractivity contribution is 5.20. The van der Waals surface area contributed by atoms with Gasteiger partial charge in [0, 0.05) is 11.9 Å². The van der Waals surface area contributed by atoms with Gasteiger partial charge in [-0.3, -0.25) is 0 Å². The topological polar surface area (TPSA) is 15.8 Å². The van der Waals surface area contributed by atoms with E-state index in [1.54, 1.807) is 0 Å². The van der Waals surface area contributed by atoms with Crippen molar-refractivity contribution in [2.45, 2.75) is 39.5 Å². The molecular formula is C10H17N. The summed E-state index contributed by atoms with van der Waals surface area (Å²) >= 11 is 0. The molecule has 0 fully saturated rings. The molecule has 0 amide bonds. The summed E-state index contributed by atoms with van der Waals surface area (Å²) in [6.45, 7) is 4.44. The molecular weight excluding hydrogens is 134 g/mol. The van der Waals surface area contributed by atoms with E-state index in [-0.39, 0.29) is 0 Å². The Bertz CT molecular complexity index is 180. The van der Waals surface area contributed by atoms with Gasteiger partial charge in [-0.2, -0.15) is 0 Å². The molecule has 0 spiro atoms. The fourth-order valence-corrected chi connectivity index (χ4v) is 1.42. The van der Waals surface area contributed by atoms with Crippen LogP contribution in [0.25, 0.3) is 0 Å². The molecule has 0 unspecified atom stereocenters. The number of hydrogen-bond donors (Lipinski definition) is 1. The first kappa shape index (κ1) is 8.38. The first-order chi connectivity index (χ1) is 5.38. The molecule has 0 atom stereocenters. The Hall–Kier alpha value is -0.720. The van der Waals surface area contributed by atoms with Crippen molar-refractivity contribution in [1.29, 1.82) is 0 Å². The highest BCUT2D eigenvalue weighted by atomic mass is 14.7. The van der Waals surface area contributed by atoms with Crippen molar-refractivity contribution < 1.29 is 0 Å². The van der Waals surface area contributed by atoms with Crippen LogP contribution in [0.5, 0.6) is 0 Å². The molecule has 0 aliphatic rings. The van der Waals surface area contributed by atoms with Crippen LogP contribution in [0.2, 0.25) is 0 Å². The molecule has 1 heteroatoms. The third-order valence-corrected chi connectivity index (χ3v) is 1.95. The molecule has 1 nitrogen and oxygen atoms in total. The predicted molar refractivity (Wildman–Crippen MR) is 48.8 cm³/mol. The summed E-state index contributed by atoms with van der Waals surface area (Å²) in [4.78, 5) is 3.29. The first-order valence-electron chi connectivity index (χ1n) is 4.53. The van der Waals surface area contributed by atoms with E-state index >= 15 is 0 Å². The fraction of sp³-hybridized carbons (Fsp3) is 0.600. The van der Waals surface area contributed by atoms with Gasteiger partial charge in [0.15, 0.2) is 0 Å². The molecule has 11 heavy (non-hydrogen) atoms. The highest BCUT2D eigenvalue weighted by Crippen LogP contribution is 2.10. The highest BCUT2D eigenvalue weighted by Gasteiger charge is 1.99. The summed E-state index contributed by atoms with van der Waals surface area (Å²) in [5, 5.41) is 0. The standard InChI is InChI=1S/C10H17N/c1-3-5-9-7-8-11-10(9)6-4-2/h7-8,11H,3-6H2,1-2H3. The van der Waals surface area contributed by atoms with Crippen LogP contribution in [0, 0.1) is 0 Å². The van der Waals surface area contributed by atoms with E-state index in [2.05, 4.69) is 31.1 Å². The average molecular weight is 151 g/mol. The van der Waals surface area contributed by atoms with E-state index in [1.807, 2.05) is 0 Å². The van der Waals surface area contributed by atoms with E-state index in [0.717, 1.165) is 0 Å². The largest absolute Gasteiger partial charge is 0.365 e. The number of hydrogen-bond acceptors (Lipinski definition) is 0. The van der Waals surface area contributed by atoms with Gasteiger partial charge in [-0.15, -0.1) is 0 Å². The fourth-order valence-electron chi connectivity index (χ4n) is 1.42. The van der Waals surface area contributed by atoms with Gasteiger partial charge >= 0.3 is 0 Å². The summed E-state index contributed by atoms with van der Waals surface area (Å²) in [6.07, 6.45) is 6.95. The maximum Gasteiger partial charge on any atom is 0.0179 e. The van der Waals surface area contributed by atoms with E-state index in [4.69, 9.17) is 0 Å². The van der Waals surface area contributed by atoms with Crippen molar-refractivity contribution in [3.05, 3.63) is 23.5 Å². The molecule has 0 saturated heterocycles. The predicted octanol–water partition coefficient (Wildman–Crippen LogP) is 2.92. The minimum atomic E-state index is 1.20. The molecule has 0 aliphatic heterocycles. The Morgan fingerprint density at radius 3 is 2.55 bits per heavy atom. The lowest BCUT2D eigenvalue weighted by Gasteiger charge is -1.99. The number of H-pyrrole nitrogens is 1. The van der Waals surface area contributed by atoms with Crippen molar-refractivity contribution >= 4 is 0 Å². The van der Waals surface area contributed by atoms with Crippen molar-refractivity contribution in [3.63, 3.8) is 0 Å². The molecule has 0 aliphatic carbocycles. The monoisotopic (exact) mass is 151 g/mol. The average Bonchev–Trinajstić information content (AvgIpc) is 2.39. The van der Waals surface area contributed by atoms with Gasteiger partial charge in [0.25, 0.3) is 0 Å². The molecule has 0 aromatic carbocycles. The van der Waals surface area contributed by atoms with E-state index in [0.29, 0.717) is 0 Å². The molecule has 1 heterocycles. The zero-order chi connectivity index (χ0) is 8.10. The lowest BCUT2D eigenvalue weighted by molar-refractivity contribution is 0.846. The Balaban J connectivity index is 2.62. The zero-order valence-corrected chi connectivity index (χ0v) is 7.48. The van der Waals surface area contributed by atoms with Crippen LogP contribution in [-0.2, 0) is 12.8 Å².